The van der Waals surface area contributed by atoms with Crippen molar-refractivity contribution < 1.29 is 18.3 Å². The molecule has 5 nitrogen and oxygen atoms in total. The zero-order chi connectivity index (χ0) is 22.0. The van der Waals surface area contributed by atoms with Crippen LogP contribution in [-0.4, -0.2) is 18.6 Å². The first-order chi connectivity index (χ1) is 14.9. The number of carbonyl (C=O) groups excluding carboxylic acids is 1. The molecule has 1 aliphatic carbocycles. The molecule has 2 aromatic carbocycles. The molecule has 3 atom stereocenters. The average Bonchev–Trinajstić information content (AvgIpc) is 2.76. The summed E-state index contributed by atoms with van der Waals surface area (Å²) in [6, 6.07) is 10.7. The van der Waals surface area contributed by atoms with Gasteiger partial charge in [0.25, 0.3) is 5.91 Å². The van der Waals surface area contributed by atoms with E-state index in [4.69, 9.17) is 9.15 Å². The van der Waals surface area contributed by atoms with E-state index in [0.29, 0.717) is 39.7 Å². The molecule has 162 valence electrons. The second kappa shape index (κ2) is 8.92. The Hall–Kier alpha value is -3.15. The summed E-state index contributed by atoms with van der Waals surface area (Å²) in [5, 5.41) is 3.47. The van der Waals surface area contributed by atoms with Gasteiger partial charge in [-0.2, -0.15) is 0 Å². The Bertz CT molecular complexity index is 1140. The Morgan fingerprint density at radius 1 is 1.16 bits per heavy atom. The van der Waals surface area contributed by atoms with Crippen LogP contribution in [0.1, 0.15) is 33.1 Å². The largest absolute Gasteiger partial charge is 0.484 e. The molecule has 1 fully saturated rings. The molecule has 31 heavy (non-hydrogen) atoms. The fourth-order valence-electron chi connectivity index (χ4n) is 4.21. The van der Waals surface area contributed by atoms with Gasteiger partial charge in [-0.15, -0.1) is 0 Å². The van der Waals surface area contributed by atoms with Crippen molar-refractivity contribution >= 4 is 16.9 Å². The Morgan fingerprint density at radius 3 is 2.71 bits per heavy atom. The molecule has 0 saturated heterocycles. The molecule has 4 rings (SSSR count). The SMILES string of the molecule is C[C@H]1[C@H](C)CCC[C@@H]1NC(=O)COc1ccc2c(=O)c(-c3ccc(F)cc3)coc2c1. The first-order valence-corrected chi connectivity index (χ1v) is 10.7. The van der Waals surface area contributed by atoms with Gasteiger partial charge in [-0.25, -0.2) is 4.39 Å². The second-order valence-corrected chi connectivity index (χ2v) is 8.37. The topological polar surface area (TPSA) is 68.5 Å². The van der Waals surface area contributed by atoms with Gasteiger partial charge in [-0.3, -0.25) is 9.59 Å². The van der Waals surface area contributed by atoms with Crippen LogP contribution in [0.3, 0.4) is 0 Å². The lowest BCUT2D eigenvalue weighted by Gasteiger charge is -2.34. The molecule has 3 aromatic rings. The number of halogens is 1. The lowest BCUT2D eigenvalue weighted by Crippen LogP contribution is -2.45. The predicted molar refractivity (Wildman–Crippen MR) is 117 cm³/mol. The summed E-state index contributed by atoms with van der Waals surface area (Å²) in [4.78, 5) is 25.2. The van der Waals surface area contributed by atoms with E-state index in [1.165, 1.54) is 36.9 Å². The average molecular weight is 423 g/mol. The monoisotopic (exact) mass is 423 g/mol. The van der Waals surface area contributed by atoms with Crippen molar-refractivity contribution in [3.8, 4) is 16.9 Å². The highest BCUT2D eigenvalue weighted by molar-refractivity contribution is 5.83. The molecule has 0 unspecified atom stereocenters. The molecule has 6 heteroatoms. The van der Waals surface area contributed by atoms with Crippen molar-refractivity contribution in [2.45, 2.75) is 39.2 Å². The maximum Gasteiger partial charge on any atom is 0.258 e. The summed E-state index contributed by atoms with van der Waals surface area (Å²) in [5.74, 6) is 0.975. The van der Waals surface area contributed by atoms with E-state index in [1.54, 1.807) is 18.2 Å². The third kappa shape index (κ3) is 4.63. The zero-order valence-corrected chi connectivity index (χ0v) is 17.7. The lowest BCUT2D eigenvalue weighted by atomic mass is 9.78. The third-order valence-corrected chi connectivity index (χ3v) is 6.32. The van der Waals surface area contributed by atoms with Gasteiger partial charge in [0.15, 0.2) is 12.0 Å². The van der Waals surface area contributed by atoms with Crippen LogP contribution < -0.4 is 15.5 Å². The maximum absolute atomic E-state index is 13.2. The molecular weight excluding hydrogens is 397 g/mol. The number of ether oxygens (including phenoxy) is 1. The van der Waals surface area contributed by atoms with Crippen molar-refractivity contribution in [3.05, 3.63) is 64.8 Å². The van der Waals surface area contributed by atoms with E-state index in [-0.39, 0.29) is 29.8 Å². The Balaban J connectivity index is 1.44. The van der Waals surface area contributed by atoms with Gasteiger partial charge in [0.2, 0.25) is 0 Å². The van der Waals surface area contributed by atoms with Gasteiger partial charge < -0.3 is 14.5 Å². The number of benzene rings is 2. The van der Waals surface area contributed by atoms with Crippen molar-refractivity contribution in [2.75, 3.05) is 6.61 Å². The number of hydrogen-bond acceptors (Lipinski definition) is 4. The number of fused-ring (bicyclic) bond motifs is 1. The van der Waals surface area contributed by atoms with Crippen molar-refractivity contribution in [2.24, 2.45) is 11.8 Å². The van der Waals surface area contributed by atoms with E-state index in [9.17, 15) is 14.0 Å². The van der Waals surface area contributed by atoms with E-state index in [2.05, 4.69) is 19.2 Å². The minimum Gasteiger partial charge on any atom is -0.484 e. The number of nitrogens with one attached hydrogen (secondary N) is 1. The van der Waals surface area contributed by atoms with Gasteiger partial charge in [0.05, 0.1) is 10.9 Å². The highest BCUT2D eigenvalue weighted by Gasteiger charge is 2.28. The Labute approximate surface area is 180 Å². The fourth-order valence-corrected chi connectivity index (χ4v) is 4.21. The molecule has 1 heterocycles. The highest BCUT2D eigenvalue weighted by atomic mass is 19.1. The molecule has 1 amide bonds. The first-order valence-electron chi connectivity index (χ1n) is 10.7. The molecule has 0 radical (unpaired) electrons. The summed E-state index contributed by atoms with van der Waals surface area (Å²) in [6.07, 6.45) is 4.69. The summed E-state index contributed by atoms with van der Waals surface area (Å²) in [6.45, 7) is 4.31. The molecule has 0 spiro atoms. The molecular formula is C25H26FNO4. The minimum absolute atomic E-state index is 0.0962. The summed E-state index contributed by atoms with van der Waals surface area (Å²) >= 11 is 0. The lowest BCUT2D eigenvalue weighted by molar-refractivity contribution is -0.124. The fraction of sp³-hybridized carbons (Fsp3) is 0.360. The van der Waals surface area contributed by atoms with Crippen LogP contribution in [0.25, 0.3) is 22.1 Å². The van der Waals surface area contributed by atoms with Gasteiger partial charge in [-0.05, 0) is 48.1 Å². The van der Waals surface area contributed by atoms with Crippen LogP contribution in [0.5, 0.6) is 5.75 Å². The van der Waals surface area contributed by atoms with Crippen LogP contribution in [0.15, 0.2) is 57.9 Å². The number of carbonyl (C=O) groups is 1. The molecule has 0 aliphatic heterocycles. The highest BCUT2D eigenvalue weighted by Crippen LogP contribution is 2.29. The second-order valence-electron chi connectivity index (χ2n) is 8.37. The number of amides is 1. The molecule has 1 aliphatic rings. The van der Waals surface area contributed by atoms with Crippen LogP contribution in [0.4, 0.5) is 4.39 Å². The van der Waals surface area contributed by atoms with E-state index >= 15 is 0 Å². The smallest absolute Gasteiger partial charge is 0.258 e. The van der Waals surface area contributed by atoms with Gasteiger partial charge in [0.1, 0.15) is 23.4 Å². The predicted octanol–water partition coefficient (Wildman–Crippen LogP) is 4.92. The van der Waals surface area contributed by atoms with Crippen molar-refractivity contribution in [1.82, 2.24) is 5.32 Å². The van der Waals surface area contributed by atoms with E-state index in [1.807, 2.05) is 0 Å². The normalized spacial score (nSPS) is 21.1. The molecule has 1 saturated carbocycles. The van der Waals surface area contributed by atoms with Crippen LogP contribution >= 0.6 is 0 Å². The van der Waals surface area contributed by atoms with Gasteiger partial charge in [-0.1, -0.05) is 38.8 Å². The summed E-state index contributed by atoms with van der Waals surface area (Å²) < 4.78 is 24.4. The van der Waals surface area contributed by atoms with Crippen LogP contribution in [0.2, 0.25) is 0 Å². The standard InChI is InChI=1S/C25H26FNO4/c1-15-4-3-5-22(16(15)2)27-24(28)14-30-19-10-11-20-23(12-19)31-13-21(25(20)29)17-6-8-18(26)9-7-17/h6-13,15-16,22H,3-5,14H2,1-2H3,(H,27,28)/t15-,16+,22+/m1/s1. The summed E-state index contributed by atoms with van der Waals surface area (Å²) in [5.41, 5.74) is 1.10. The Kier molecular flexibility index (Phi) is 6.07. The summed E-state index contributed by atoms with van der Waals surface area (Å²) in [7, 11) is 0. The minimum atomic E-state index is -0.368. The quantitative estimate of drug-likeness (QED) is 0.633. The van der Waals surface area contributed by atoms with Gasteiger partial charge in [0, 0.05) is 12.1 Å². The van der Waals surface area contributed by atoms with E-state index < -0.39 is 0 Å². The van der Waals surface area contributed by atoms with Crippen molar-refractivity contribution in [3.63, 3.8) is 0 Å². The van der Waals surface area contributed by atoms with Crippen LogP contribution in [-0.2, 0) is 4.79 Å². The van der Waals surface area contributed by atoms with Gasteiger partial charge >= 0.3 is 0 Å². The number of hydrogen-bond donors (Lipinski definition) is 1. The zero-order valence-electron chi connectivity index (χ0n) is 17.7. The number of rotatable bonds is 5. The van der Waals surface area contributed by atoms with Crippen molar-refractivity contribution in [1.29, 1.82) is 0 Å². The Morgan fingerprint density at radius 2 is 1.94 bits per heavy atom. The third-order valence-electron chi connectivity index (χ3n) is 6.32. The molecule has 1 aromatic heterocycles. The van der Waals surface area contributed by atoms with Crippen LogP contribution in [0, 0.1) is 17.7 Å². The molecule has 1 N–H and O–H groups in total. The van der Waals surface area contributed by atoms with E-state index in [0.717, 1.165) is 12.8 Å². The maximum atomic E-state index is 13.2. The first kappa shape index (κ1) is 21.1. The molecule has 0 bridgehead atoms.